The third kappa shape index (κ3) is 2.75. The first kappa shape index (κ1) is 12.7. The van der Waals surface area contributed by atoms with Crippen LogP contribution in [0.3, 0.4) is 0 Å². The van der Waals surface area contributed by atoms with Crippen LogP contribution in [-0.2, 0) is 6.54 Å². The average Bonchev–Trinajstić information content (AvgIpc) is 2.31. The summed E-state index contributed by atoms with van der Waals surface area (Å²) < 4.78 is 13.5. The molecule has 0 amide bonds. The average molecular weight is 254 g/mol. The van der Waals surface area contributed by atoms with Crippen molar-refractivity contribution in [1.82, 2.24) is 0 Å². The number of thioether (sulfide) groups is 1. The first-order valence-corrected chi connectivity index (χ1v) is 7.04. The van der Waals surface area contributed by atoms with Crippen LogP contribution in [0, 0.1) is 5.82 Å². The lowest BCUT2D eigenvalue weighted by atomic mass is 10.1. The number of hydrogen-bond donors (Lipinski definition) is 1. The van der Waals surface area contributed by atoms with Crippen LogP contribution >= 0.6 is 11.8 Å². The van der Waals surface area contributed by atoms with E-state index in [9.17, 15) is 4.39 Å². The van der Waals surface area contributed by atoms with E-state index in [1.54, 1.807) is 6.07 Å². The molecule has 1 heterocycles. The van der Waals surface area contributed by atoms with Crippen LogP contribution in [0.4, 0.5) is 10.1 Å². The lowest BCUT2D eigenvalue weighted by molar-refractivity contribution is 0.608. The van der Waals surface area contributed by atoms with Gasteiger partial charge in [-0.05, 0) is 30.7 Å². The molecule has 0 radical (unpaired) electrons. The Labute approximate surface area is 106 Å². The third-order valence-corrected chi connectivity index (χ3v) is 4.73. The zero-order chi connectivity index (χ0) is 12.4. The monoisotopic (exact) mass is 254 g/mol. The van der Waals surface area contributed by atoms with Gasteiger partial charge in [0.05, 0.1) is 0 Å². The van der Waals surface area contributed by atoms with Gasteiger partial charge in [0, 0.05) is 35.8 Å². The number of nitrogens with zero attached hydrogens (tertiary/aromatic N) is 1. The molecule has 2 rings (SSSR count). The zero-order valence-electron chi connectivity index (χ0n) is 10.3. The molecular weight excluding hydrogens is 235 g/mol. The van der Waals surface area contributed by atoms with E-state index in [-0.39, 0.29) is 5.82 Å². The Morgan fingerprint density at radius 2 is 2.18 bits per heavy atom. The van der Waals surface area contributed by atoms with Crippen molar-refractivity contribution in [3.8, 4) is 0 Å². The number of rotatable bonds is 2. The predicted octanol–water partition coefficient (Wildman–Crippen LogP) is 2.61. The minimum atomic E-state index is -0.193. The van der Waals surface area contributed by atoms with Gasteiger partial charge in [-0.25, -0.2) is 4.39 Å². The summed E-state index contributed by atoms with van der Waals surface area (Å²) in [6.07, 6.45) is 0. The highest BCUT2D eigenvalue weighted by molar-refractivity contribution is 8.00. The highest BCUT2D eigenvalue weighted by Crippen LogP contribution is 2.29. The van der Waals surface area contributed by atoms with Crippen molar-refractivity contribution in [2.75, 3.05) is 17.2 Å². The molecule has 2 N–H and O–H groups in total. The molecule has 2 unspecified atom stereocenters. The van der Waals surface area contributed by atoms with Crippen LogP contribution < -0.4 is 10.6 Å². The summed E-state index contributed by atoms with van der Waals surface area (Å²) in [6, 6.07) is 5.55. The molecule has 2 nitrogen and oxygen atoms in total. The van der Waals surface area contributed by atoms with Gasteiger partial charge in [-0.3, -0.25) is 0 Å². The van der Waals surface area contributed by atoms with Gasteiger partial charge in [-0.2, -0.15) is 11.8 Å². The summed E-state index contributed by atoms with van der Waals surface area (Å²) in [4.78, 5) is 2.28. The van der Waals surface area contributed by atoms with Gasteiger partial charge in [-0.15, -0.1) is 0 Å². The second-order valence-corrected chi connectivity index (χ2v) is 6.02. The molecule has 1 fully saturated rings. The molecule has 1 saturated heterocycles. The fraction of sp³-hybridized carbons (Fsp3) is 0.538. The van der Waals surface area contributed by atoms with Gasteiger partial charge in [0.2, 0.25) is 0 Å². The van der Waals surface area contributed by atoms with E-state index in [0.29, 0.717) is 17.8 Å². The minimum absolute atomic E-state index is 0.193. The molecule has 1 aromatic rings. The topological polar surface area (TPSA) is 29.3 Å². The lowest BCUT2D eigenvalue weighted by Crippen LogP contribution is -2.44. The number of anilines is 1. The molecule has 0 aromatic heterocycles. The molecule has 0 saturated carbocycles. The summed E-state index contributed by atoms with van der Waals surface area (Å²) in [6.45, 7) is 5.79. The fourth-order valence-electron chi connectivity index (χ4n) is 2.21. The summed E-state index contributed by atoms with van der Waals surface area (Å²) in [5.74, 6) is 0.904. The van der Waals surface area contributed by atoms with E-state index in [1.165, 1.54) is 6.07 Å². The van der Waals surface area contributed by atoms with E-state index >= 15 is 0 Å². The Balaban J connectivity index is 2.29. The summed E-state index contributed by atoms with van der Waals surface area (Å²) in [7, 11) is 0. The van der Waals surface area contributed by atoms with E-state index in [0.717, 1.165) is 23.5 Å². The predicted molar refractivity (Wildman–Crippen MR) is 73.0 cm³/mol. The van der Waals surface area contributed by atoms with Crippen LogP contribution in [0.5, 0.6) is 0 Å². The second-order valence-electron chi connectivity index (χ2n) is 4.53. The maximum atomic E-state index is 13.5. The minimum Gasteiger partial charge on any atom is -0.367 e. The van der Waals surface area contributed by atoms with Gasteiger partial charge in [0.25, 0.3) is 0 Å². The smallest absolute Gasteiger partial charge is 0.125 e. The standard InChI is InChI=1S/C13H19FN2S/c1-9-10(2)17-4-3-16(9)13-6-11(8-15)5-12(14)7-13/h5-7,9-10H,3-4,8,15H2,1-2H3. The van der Waals surface area contributed by atoms with Crippen molar-refractivity contribution >= 4 is 17.4 Å². The number of nitrogens with two attached hydrogens (primary N) is 1. The number of benzene rings is 1. The van der Waals surface area contributed by atoms with E-state index in [2.05, 4.69) is 18.7 Å². The van der Waals surface area contributed by atoms with Crippen LogP contribution in [0.25, 0.3) is 0 Å². The molecule has 1 aliphatic heterocycles. The molecule has 1 aliphatic rings. The first-order valence-electron chi connectivity index (χ1n) is 5.99. The van der Waals surface area contributed by atoms with Crippen molar-refractivity contribution < 1.29 is 4.39 Å². The maximum Gasteiger partial charge on any atom is 0.125 e. The van der Waals surface area contributed by atoms with Crippen LogP contribution in [-0.4, -0.2) is 23.6 Å². The van der Waals surface area contributed by atoms with Gasteiger partial charge in [-0.1, -0.05) is 6.92 Å². The Morgan fingerprint density at radius 3 is 2.88 bits per heavy atom. The third-order valence-electron chi connectivity index (χ3n) is 3.39. The number of halogens is 1. The molecule has 0 aliphatic carbocycles. The van der Waals surface area contributed by atoms with Crippen molar-refractivity contribution in [3.63, 3.8) is 0 Å². The first-order chi connectivity index (χ1) is 8.11. The van der Waals surface area contributed by atoms with E-state index < -0.39 is 0 Å². The van der Waals surface area contributed by atoms with Gasteiger partial charge in [0.1, 0.15) is 5.82 Å². The largest absolute Gasteiger partial charge is 0.367 e. The summed E-state index contributed by atoms with van der Waals surface area (Å²) in [5.41, 5.74) is 7.41. The number of hydrogen-bond acceptors (Lipinski definition) is 3. The molecule has 1 aromatic carbocycles. The molecular formula is C13H19FN2S. The van der Waals surface area contributed by atoms with Crippen molar-refractivity contribution in [3.05, 3.63) is 29.6 Å². The lowest BCUT2D eigenvalue weighted by Gasteiger charge is -2.39. The van der Waals surface area contributed by atoms with Crippen molar-refractivity contribution in [2.45, 2.75) is 31.7 Å². The van der Waals surface area contributed by atoms with Crippen LogP contribution in [0.15, 0.2) is 18.2 Å². The SMILES string of the molecule is CC1SCCN(c2cc(F)cc(CN)c2)C1C. The molecule has 94 valence electrons. The van der Waals surface area contributed by atoms with Crippen molar-refractivity contribution in [2.24, 2.45) is 5.73 Å². The van der Waals surface area contributed by atoms with Gasteiger partial charge >= 0.3 is 0 Å². The van der Waals surface area contributed by atoms with E-state index in [4.69, 9.17) is 5.73 Å². The normalized spacial score (nSPS) is 25.1. The highest BCUT2D eigenvalue weighted by Gasteiger charge is 2.25. The van der Waals surface area contributed by atoms with Crippen LogP contribution in [0.2, 0.25) is 0 Å². The highest BCUT2D eigenvalue weighted by atomic mass is 32.2. The maximum absolute atomic E-state index is 13.5. The summed E-state index contributed by atoms with van der Waals surface area (Å²) in [5, 5.41) is 0.577. The molecule has 0 bridgehead atoms. The Hall–Kier alpha value is -0.740. The fourth-order valence-corrected chi connectivity index (χ4v) is 3.31. The molecule has 2 atom stereocenters. The molecule has 0 spiro atoms. The quantitative estimate of drug-likeness (QED) is 0.879. The van der Waals surface area contributed by atoms with Crippen LogP contribution in [0.1, 0.15) is 19.4 Å². The Morgan fingerprint density at radius 1 is 1.41 bits per heavy atom. The molecule has 4 heteroatoms. The van der Waals surface area contributed by atoms with Crippen molar-refractivity contribution in [1.29, 1.82) is 0 Å². The van der Waals surface area contributed by atoms with Gasteiger partial charge < -0.3 is 10.6 Å². The van der Waals surface area contributed by atoms with Gasteiger partial charge in [0.15, 0.2) is 0 Å². The van der Waals surface area contributed by atoms with E-state index in [1.807, 2.05) is 17.8 Å². The molecule has 17 heavy (non-hydrogen) atoms. The Bertz CT molecular complexity index is 397. The summed E-state index contributed by atoms with van der Waals surface area (Å²) >= 11 is 1.98. The second kappa shape index (κ2) is 5.27. The zero-order valence-corrected chi connectivity index (χ0v) is 11.1. The Kier molecular flexibility index (Phi) is 3.94.